The summed E-state index contributed by atoms with van der Waals surface area (Å²) in [6.07, 6.45) is 47.1. The average Bonchev–Trinajstić information content (AvgIpc) is 3.34. The summed E-state index contributed by atoms with van der Waals surface area (Å²) in [6, 6.07) is -0.833. The number of allylic oxidation sites excluding steroid dienone is 3. The Morgan fingerprint density at radius 1 is 0.522 bits per heavy atom. The second-order valence-electron chi connectivity index (χ2n) is 20.3. The third kappa shape index (κ3) is 38.4. The van der Waals surface area contributed by atoms with E-state index in [2.05, 4.69) is 31.3 Å². The topological polar surface area (TPSA) is 175 Å². The molecule has 11 nitrogen and oxygen atoms in total. The largest absolute Gasteiger partial charge is 0.466 e. The van der Waals surface area contributed by atoms with Crippen LogP contribution in [0.3, 0.4) is 0 Å². The summed E-state index contributed by atoms with van der Waals surface area (Å²) < 4.78 is 16.7. The molecule has 0 aromatic carbocycles. The van der Waals surface area contributed by atoms with Gasteiger partial charge in [0.15, 0.2) is 6.29 Å². The number of nitrogens with one attached hydrogen (secondary N) is 1. The van der Waals surface area contributed by atoms with Crippen molar-refractivity contribution in [2.45, 2.75) is 314 Å². The van der Waals surface area contributed by atoms with Gasteiger partial charge in [-0.15, -0.1) is 0 Å². The highest BCUT2D eigenvalue weighted by atomic mass is 16.7. The molecule has 1 aliphatic rings. The van der Waals surface area contributed by atoms with Gasteiger partial charge in [-0.25, -0.2) is 0 Å². The quantitative estimate of drug-likeness (QED) is 0.0196. The Morgan fingerprint density at radius 3 is 1.43 bits per heavy atom. The first-order valence-corrected chi connectivity index (χ1v) is 29.1. The molecular weight excluding hydrogens is 871 g/mol. The summed E-state index contributed by atoms with van der Waals surface area (Å²) in [5.41, 5.74) is 0. The van der Waals surface area contributed by atoms with Crippen LogP contribution in [0.2, 0.25) is 0 Å². The number of amides is 1. The SMILES string of the molecule is CCCCC/C=C/CC/C=C/C(O)C(COC1OC(CO)C(O)C(O)C1O)NC(=O)CCCCCCCCCCCCCCCCOC(=O)CCCCCCCCCCCCCCCCCCCC. The van der Waals surface area contributed by atoms with E-state index in [9.17, 15) is 35.1 Å². The molecule has 0 spiro atoms. The number of carbonyl (C=O) groups excluding carboxylic acids is 2. The molecule has 7 unspecified atom stereocenters. The lowest BCUT2D eigenvalue weighted by Gasteiger charge is -2.40. The second-order valence-corrected chi connectivity index (χ2v) is 20.3. The number of aliphatic hydroxyl groups excluding tert-OH is 5. The highest BCUT2D eigenvalue weighted by Gasteiger charge is 2.44. The Kier molecular flexibility index (Phi) is 45.7. The average molecular weight is 981 g/mol. The highest BCUT2D eigenvalue weighted by Crippen LogP contribution is 2.23. The molecule has 0 radical (unpaired) electrons. The molecular formula is C58H109NO10. The number of esters is 1. The normalized spacial score (nSPS) is 19.4. The van der Waals surface area contributed by atoms with Crippen LogP contribution in [0, 0.1) is 0 Å². The van der Waals surface area contributed by atoms with Crippen LogP contribution in [0.4, 0.5) is 0 Å². The molecule has 69 heavy (non-hydrogen) atoms. The van der Waals surface area contributed by atoms with Gasteiger partial charge in [-0.2, -0.15) is 0 Å². The van der Waals surface area contributed by atoms with E-state index in [0.29, 0.717) is 19.4 Å². The third-order valence-corrected chi connectivity index (χ3v) is 13.8. The molecule has 0 aromatic heterocycles. The second kappa shape index (κ2) is 48.4. The maximum atomic E-state index is 13.0. The van der Waals surface area contributed by atoms with E-state index in [1.807, 2.05) is 6.08 Å². The Hall–Kier alpha value is -1.86. The molecule has 0 aliphatic carbocycles. The zero-order valence-electron chi connectivity index (χ0n) is 44.5. The molecule has 1 rings (SSSR count). The van der Waals surface area contributed by atoms with Gasteiger partial charge in [0.25, 0.3) is 0 Å². The predicted octanol–water partition coefficient (Wildman–Crippen LogP) is 12.9. The Morgan fingerprint density at radius 2 is 0.942 bits per heavy atom. The van der Waals surface area contributed by atoms with Crippen LogP contribution >= 0.6 is 0 Å². The molecule has 0 bridgehead atoms. The summed E-state index contributed by atoms with van der Waals surface area (Å²) in [5.74, 6) is -0.224. The van der Waals surface area contributed by atoms with Crippen molar-refractivity contribution in [2.75, 3.05) is 19.8 Å². The summed E-state index contributed by atoms with van der Waals surface area (Å²) >= 11 is 0. The number of aliphatic hydroxyl groups is 5. The van der Waals surface area contributed by atoms with Gasteiger partial charge in [0.1, 0.15) is 24.4 Å². The number of carbonyl (C=O) groups is 2. The van der Waals surface area contributed by atoms with Crippen LogP contribution in [-0.4, -0.2) is 100 Å². The minimum absolute atomic E-state index is 0.0196. The molecule has 1 heterocycles. The summed E-state index contributed by atoms with van der Waals surface area (Å²) in [6.45, 7) is 4.25. The van der Waals surface area contributed by atoms with Crippen LogP contribution in [0.5, 0.6) is 0 Å². The highest BCUT2D eigenvalue weighted by molar-refractivity contribution is 5.76. The monoisotopic (exact) mass is 980 g/mol. The van der Waals surface area contributed by atoms with E-state index >= 15 is 0 Å². The van der Waals surface area contributed by atoms with E-state index in [1.54, 1.807) is 6.08 Å². The lowest BCUT2D eigenvalue weighted by molar-refractivity contribution is -0.302. The van der Waals surface area contributed by atoms with E-state index < -0.39 is 49.5 Å². The molecule has 6 N–H and O–H groups in total. The van der Waals surface area contributed by atoms with E-state index in [4.69, 9.17) is 14.2 Å². The minimum Gasteiger partial charge on any atom is -0.466 e. The molecule has 1 fully saturated rings. The van der Waals surface area contributed by atoms with Gasteiger partial charge >= 0.3 is 5.97 Å². The van der Waals surface area contributed by atoms with Gasteiger partial charge in [-0.3, -0.25) is 9.59 Å². The smallest absolute Gasteiger partial charge is 0.305 e. The van der Waals surface area contributed by atoms with Gasteiger partial charge < -0.3 is 45.1 Å². The van der Waals surface area contributed by atoms with Gasteiger partial charge in [0, 0.05) is 12.8 Å². The lowest BCUT2D eigenvalue weighted by atomic mass is 9.99. The van der Waals surface area contributed by atoms with Gasteiger partial charge in [0.2, 0.25) is 5.91 Å². The number of unbranched alkanes of at least 4 members (excludes halogenated alkanes) is 34. The molecule has 1 aliphatic heterocycles. The summed E-state index contributed by atoms with van der Waals surface area (Å²) in [4.78, 5) is 25.1. The first kappa shape index (κ1) is 65.2. The van der Waals surface area contributed by atoms with E-state index in [1.165, 1.54) is 173 Å². The Balaban J connectivity index is 2.04. The molecule has 1 saturated heterocycles. The molecule has 11 heteroatoms. The fourth-order valence-electron chi connectivity index (χ4n) is 9.16. The number of hydrogen-bond donors (Lipinski definition) is 6. The zero-order valence-corrected chi connectivity index (χ0v) is 44.5. The van der Waals surface area contributed by atoms with Crippen LogP contribution < -0.4 is 5.32 Å². The standard InChI is InChI=1S/C58H109NO10/c1-3-5-7-9-11-13-14-15-16-17-18-19-23-26-30-34-38-42-46-54(63)67-47-43-39-35-31-27-24-21-20-22-25-29-33-37-41-45-53(62)59-50(51(61)44-40-36-32-28-12-10-8-6-4-2)49-68-58-57(66)56(65)55(64)52(48-60)69-58/h12,28,40,44,50-52,55-58,60-61,64-66H,3-11,13-27,29-39,41-43,45-49H2,1-2H3,(H,59,62)/b28-12+,44-40+. The fraction of sp³-hybridized carbons (Fsp3) is 0.897. The Labute approximate surface area is 422 Å². The maximum Gasteiger partial charge on any atom is 0.305 e. The number of hydrogen-bond acceptors (Lipinski definition) is 10. The predicted molar refractivity (Wildman–Crippen MR) is 283 cm³/mol. The van der Waals surface area contributed by atoms with Crippen molar-refractivity contribution in [3.05, 3.63) is 24.3 Å². The number of rotatable bonds is 50. The van der Waals surface area contributed by atoms with Crippen LogP contribution in [0.1, 0.15) is 271 Å². The fourth-order valence-corrected chi connectivity index (χ4v) is 9.16. The van der Waals surface area contributed by atoms with Crippen molar-refractivity contribution < 1.29 is 49.3 Å². The first-order valence-electron chi connectivity index (χ1n) is 29.1. The van der Waals surface area contributed by atoms with Crippen LogP contribution in [0.15, 0.2) is 24.3 Å². The molecule has 1 amide bonds. The summed E-state index contributed by atoms with van der Waals surface area (Å²) in [5, 5.41) is 54.1. The van der Waals surface area contributed by atoms with Crippen molar-refractivity contribution in [2.24, 2.45) is 0 Å². The molecule has 7 atom stereocenters. The first-order chi connectivity index (χ1) is 33.7. The zero-order chi connectivity index (χ0) is 50.3. The minimum atomic E-state index is -1.58. The van der Waals surface area contributed by atoms with Crippen molar-refractivity contribution in [1.82, 2.24) is 5.32 Å². The van der Waals surface area contributed by atoms with Crippen LogP contribution in [0.25, 0.3) is 0 Å². The van der Waals surface area contributed by atoms with Crippen molar-refractivity contribution >= 4 is 11.9 Å². The van der Waals surface area contributed by atoms with Crippen molar-refractivity contribution in [3.8, 4) is 0 Å². The third-order valence-electron chi connectivity index (χ3n) is 13.8. The maximum absolute atomic E-state index is 13.0. The lowest BCUT2D eigenvalue weighted by Crippen LogP contribution is -2.60. The van der Waals surface area contributed by atoms with Crippen molar-refractivity contribution in [3.63, 3.8) is 0 Å². The van der Waals surface area contributed by atoms with Crippen molar-refractivity contribution in [1.29, 1.82) is 0 Å². The van der Waals surface area contributed by atoms with Gasteiger partial charge in [-0.05, 0) is 44.9 Å². The van der Waals surface area contributed by atoms with E-state index in [0.717, 1.165) is 70.6 Å². The van der Waals surface area contributed by atoms with Gasteiger partial charge in [-0.1, -0.05) is 237 Å². The summed E-state index contributed by atoms with van der Waals surface area (Å²) in [7, 11) is 0. The molecule has 0 aromatic rings. The Bertz CT molecular complexity index is 1200. The number of ether oxygens (including phenoxy) is 3. The molecule has 406 valence electrons. The van der Waals surface area contributed by atoms with Crippen LogP contribution in [-0.2, 0) is 23.8 Å². The van der Waals surface area contributed by atoms with E-state index in [-0.39, 0.29) is 18.5 Å². The molecule has 0 saturated carbocycles. The van der Waals surface area contributed by atoms with Gasteiger partial charge in [0.05, 0.1) is 32.0 Å².